The van der Waals surface area contributed by atoms with Gasteiger partial charge in [0.15, 0.2) is 0 Å². The summed E-state index contributed by atoms with van der Waals surface area (Å²) in [6.45, 7) is 4.95. The lowest BCUT2D eigenvalue weighted by molar-refractivity contribution is 0.0510. The van der Waals surface area contributed by atoms with Crippen LogP contribution in [0.3, 0.4) is 0 Å². The monoisotopic (exact) mass is 394 g/mol. The van der Waals surface area contributed by atoms with E-state index in [-0.39, 0.29) is 35.0 Å². The van der Waals surface area contributed by atoms with E-state index in [4.69, 9.17) is 4.74 Å². The quantitative estimate of drug-likeness (QED) is 0.695. The van der Waals surface area contributed by atoms with E-state index >= 15 is 0 Å². The number of rotatable bonds is 6. The molecule has 8 heteroatoms. The molecule has 1 aliphatic rings. The SMILES string of the molecule is COCC1(CNC(=O)c2cc(=O)n(-c3ccc(C)cc3)[nH]2)CCNCC1.Cl. The molecule has 0 aliphatic carbocycles. The number of amides is 1. The summed E-state index contributed by atoms with van der Waals surface area (Å²) in [5, 5.41) is 9.19. The van der Waals surface area contributed by atoms with Crippen molar-refractivity contribution in [1.82, 2.24) is 20.4 Å². The van der Waals surface area contributed by atoms with Crippen molar-refractivity contribution in [1.29, 1.82) is 0 Å². The van der Waals surface area contributed by atoms with Gasteiger partial charge in [-0.1, -0.05) is 17.7 Å². The number of nitrogens with one attached hydrogen (secondary N) is 3. The number of aryl methyl sites for hydroxylation is 1. The summed E-state index contributed by atoms with van der Waals surface area (Å²) in [4.78, 5) is 24.8. The second-order valence-corrected chi connectivity index (χ2v) is 7.04. The molecule has 1 aliphatic heterocycles. The van der Waals surface area contributed by atoms with E-state index in [1.54, 1.807) is 7.11 Å². The molecular formula is C19H27ClN4O3. The molecule has 0 radical (unpaired) electrons. The molecule has 2 heterocycles. The van der Waals surface area contributed by atoms with Crippen molar-refractivity contribution in [3.8, 4) is 5.69 Å². The summed E-state index contributed by atoms with van der Waals surface area (Å²) in [6, 6.07) is 8.87. The lowest BCUT2D eigenvalue weighted by Crippen LogP contribution is -2.47. The van der Waals surface area contributed by atoms with Gasteiger partial charge in [-0.3, -0.25) is 14.7 Å². The van der Waals surface area contributed by atoms with Crippen LogP contribution in [0, 0.1) is 12.3 Å². The van der Waals surface area contributed by atoms with E-state index in [1.165, 1.54) is 10.7 Å². The first-order valence-electron chi connectivity index (χ1n) is 8.90. The van der Waals surface area contributed by atoms with E-state index in [1.807, 2.05) is 31.2 Å². The van der Waals surface area contributed by atoms with E-state index in [2.05, 4.69) is 15.7 Å². The molecule has 1 aromatic heterocycles. The third-order valence-corrected chi connectivity index (χ3v) is 5.00. The molecule has 1 saturated heterocycles. The number of aromatic nitrogens is 2. The lowest BCUT2D eigenvalue weighted by atomic mass is 9.79. The highest BCUT2D eigenvalue weighted by Gasteiger charge is 2.32. The van der Waals surface area contributed by atoms with Crippen LogP contribution in [0.5, 0.6) is 0 Å². The summed E-state index contributed by atoms with van der Waals surface area (Å²) >= 11 is 0. The van der Waals surface area contributed by atoms with Gasteiger partial charge < -0.3 is 15.4 Å². The van der Waals surface area contributed by atoms with Crippen LogP contribution in [0.25, 0.3) is 5.69 Å². The van der Waals surface area contributed by atoms with Gasteiger partial charge in [0.25, 0.3) is 11.5 Å². The smallest absolute Gasteiger partial charge is 0.271 e. The van der Waals surface area contributed by atoms with Crippen molar-refractivity contribution in [2.75, 3.05) is 33.4 Å². The molecule has 0 unspecified atom stereocenters. The Balaban J connectivity index is 0.00000261. The van der Waals surface area contributed by atoms with Crippen LogP contribution >= 0.6 is 12.4 Å². The number of nitrogens with zero attached hydrogens (tertiary/aromatic N) is 1. The highest BCUT2D eigenvalue weighted by Crippen LogP contribution is 2.28. The largest absolute Gasteiger partial charge is 0.384 e. The maximum absolute atomic E-state index is 12.5. The Kier molecular flexibility index (Phi) is 7.24. The summed E-state index contributed by atoms with van der Waals surface area (Å²) in [6.07, 6.45) is 1.89. The van der Waals surface area contributed by atoms with Crippen molar-refractivity contribution in [2.45, 2.75) is 19.8 Å². The molecule has 148 valence electrons. The number of aromatic amines is 1. The fourth-order valence-corrected chi connectivity index (χ4v) is 3.40. The number of ether oxygens (including phenoxy) is 1. The molecule has 0 spiro atoms. The molecule has 1 amide bonds. The summed E-state index contributed by atoms with van der Waals surface area (Å²) in [5.74, 6) is -0.276. The minimum Gasteiger partial charge on any atom is -0.384 e. The molecular weight excluding hydrogens is 368 g/mol. The third-order valence-electron chi connectivity index (χ3n) is 5.00. The van der Waals surface area contributed by atoms with Gasteiger partial charge in [-0.2, -0.15) is 0 Å². The van der Waals surface area contributed by atoms with Crippen molar-refractivity contribution in [3.63, 3.8) is 0 Å². The van der Waals surface area contributed by atoms with Gasteiger partial charge in [-0.25, -0.2) is 4.68 Å². The van der Waals surface area contributed by atoms with Gasteiger partial charge in [0.2, 0.25) is 0 Å². The molecule has 2 aromatic rings. The zero-order valence-electron chi connectivity index (χ0n) is 15.7. The Bertz CT molecular complexity index is 802. The molecule has 27 heavy (non-hydrogen) atoms. The molecule has 0 bridgehead atoms. The van der Waals surface area contributed by atoms with Crippen molar-refractivity contribution < 1.29 is 9.53 Å². The van der Waals surface area contributed by atoms with E-state index in [9.17, 15) is 9.59 Å². The second-order valence-electron chi connectivity index (χ2n) is 7.04. The summed E-state index contributed by atoms with van der Waals surface area (Å²) < 4.78 is 6.75. The normalized spacial score (nSPS) is 15.8. The Labute approximate surface area is 164 Å². The van der Waals surface area contributed by atoms with Gasteiger partial charge in [0.05, 0.1) is 12.3 Å². The number of carbonyl (C=O) groups excluding carboxylic acids is 1. The van der Waals surface area contributed by atoms with Gasteiger partial charge in [0.1, 0.15) is 5.69 Å². The van der Waals surface area contributed by atoms with Crippen LogP contribution in [-0.2, 0) is 4.74 Å². The van der Waals surface area contributed by atoms with Crippen LogP contribution in [0.1, 0.15) is 28.9 Å². The molecule has 1 aromatic carbocycles. The van der Waals surface area contributed by atoms with E-state index in [0.717, 1.165) is 31.5 Å². The second kappa shape index (κ2) is 9.21. The first kappa shape index (κ1) is 21.2. The number of carbonyl (C=O) groups is 1. The Hall–Kier alpha value is -2.09. The van der Waals surface area contributed by atoms with Crippen LogP contribution in [0.4, 0.5) is 0 Å². The highest BCUT2D eigenvalue weighted by molar-refractivity contribution is 5.92. The van der Waals surface area contributed by atoms with Crippen LogP contribution in [0.15, 0.2) is 35.1 Å². The Morgan fingerprint density at radius 1 is 1.26 bits per heavy atom. The number of halogens is 1. The first-order valence-corrected chi connectivity index (χ1v) is 8.90. The molecule has 0 saturated carbocycles. The number of hydrogen-bond donors (Lipinski definition) is 3. The number of H-pyrrole nitrogens is 1. The van der Waals surface area contributed by atoms with Gasteiger partial charge in [0, 0.05) is 25.1 Å². The Morgan fingerprint density at radius 2 is 1.93 bits per heavy atom. The minimum atomic E-state index is -0.276. The van der Waals surface area contributed by atoms with Crippen LogP contribution in [-0.4, -0.2) is 49.0 Å². The van der Waals surface area contributed by atoms with Crippen molar-refractivity contribution >= 4 is 18.3 Å². The van der Waals surface area contributed by atoms with Gasteiger partial charge in [-0.15, -0.1) is 12.4 Å². The Morgan fingerprint density at radius 3 is 2.56 bits per heavy atom. The average Bonchev–Trinajstić information content (AvgIpc) is 3.03. The van der Waals surface area contributed by atoms with Crippen molar-refractivity contribution in [3.05, 3.63) is 51.9 Å². The number of piperidine rings is 1. The topological polar surface area (TPSA) is 88.2 Å². The van der Waals surface area contributed by atoms with Crippen LogP contribution in [0.2, 0.25) is 0 Å². The number of methoxy groups -OCH3 is 1. The predicted molar refractivity (Wildman–Crippen MR) is 107 cm³/mol. The van der Waals surface area contributed by atoms with Gasteiger partial charge >= 0.3 is 0 Å². The van der Waals surface area contributed by atoms with E-state index in [0.29, 0.717) is 18.8 Å². The molecule has 1 fully saturated rings. The zero-order valence-corrected chi connectivity index (χ0v) is 16.5. The molecule has 7 nitrogen and oxygen atoms in total. The van der Waals surface area contributed by atoms with Crippen LogP contribution < -0.4 is 16.2 Å². The number of hydrogen-bond acceptors (Lipinski definition) is 4. The fourth-order valence-electron chi connectivity index (χ4n) is 3.40. The average molecular weight is 395 g/mol. The van der Waals surface area contributed by atoms with Gasteiger partial charge in [-0.05, 0) is 45.0 Å². The standard InChI is InChI=1S/C19H26N4O3.ClH/c1-14-3-5-15(6-4-14)23-17(24)11-16(22-23)18(25)21-12-19(13-26-2)7-9-20-10-8-19;/h3-6,11,20,22H,7-10,12-13H2,1-2H3,(H,21,25);1H. The zero-order chi connectivity index (χ0) is 18.6. The predicted octanol–water partition coefficient (Wildman–Crippen LogP) is 1.64. The maximum Gasteiger partial charge on any atom is 0.271 e. The van der Waals surface area contributed by atoms with Crippen molar-refractivity contribution in [2.24, 2.45) is 5.41 Å². The molecule has 0 atom stereocenters. The third kappa shape index (κ3) is 5.00. The van der Waals surface area contributed by atoms with E-state index < -0.39 is 0 Å². The summed E-state index contributed by atoms with van der Waals surface area (Å²) in [5.41, 5.74) is 1.75. The maximum atomic E-state index is 12.5. The fraction of sp³-hybridized carbons (Fsp3) is 0.474. The minimum absolute atomic E-state index is 0. The number of benzene rings is 1. The first-order chi connectivity index (χ1) is 12.5. The molecule has 3 rings (SSSR count). The highest BCUT2D eigenvalue weighted by atomic mass is 35.5. The summed E-state index contributed by atoms with van der Waals surface area (Å²) in [7, 11) is 1.69. The lowest BCUT2D eigenvalue weighted by Gasteiger charge is -2.37. The molecule has 3 N–H and O–H groups in total.